The Bertz CT molecular complexity index is 935. The van der Waals surface area contributed by atoms with Crippen LogP contribution in [-0.2, 0) is 6.42 Å². The van der Waals surface area contributed by atoms with Crippen molar-refractivity contribution in [2.45, 2.75) is 26.7 Å². The number of halogens is 2. The number of carbonyl (C=O) groups is 1. The summed E-state index contributed by atoms with van der Waals surface area (Å²) in [6, 6.07) is 12.6. The highest BCUT2D eigenvalue weighted by Crippen LogP contribution is 2.24. The molecule has 134 valence electrons. The third-order valence-electron chi connectivity index (χ3n) is 4.05. The van der Waals surface area contributed by atoms with Crippen LogP contribution >= 0.6 is 23.2 Å². The second kappa shape index (κ2) is 7.89. The van der Waals surface area contributed by atoms with Crippen LogP contribution in [0.5, 0.6) is 0 Å². The molecule has 1 heterocycles. The van der Waals surface area contributed by atoms with E-state index in [1.165, 1.54) is 0 Å². The molecule has 7 heteroatoms. The third-order valence-corrected chi connectivity index (χ3v) is 4.71. The van der Waals surface area contributed by atoms with Gasteiger partial charge >= 0.3 is 0 Å². The van der Waals surface area contributed by atoms with E-state index in [0.29, 0.717) is 27.8 Å². The molecule has 0 saturated carbocycles. The second-order valence-corrected chi connectivity index (χ2v) is 6.73. The van der Waals surface area contributed by atoms with E-state index in [-0.39, 0.29) is 5.91 Å². The average Bonchev–Trinajstić information content (AvgIpc) is 3.04. The summed E-state index contributed by atoms with van der Waals surface area (Å²) in [6.07, 6.45) is 1.53. The number of benzene rings is 2. The van der Waals surface area contributed by atoms with E-state index < -0.39 is 0 Å². The normalized spacial score (nSPS) is 10.8. The van der Waals surface area contributed by atoms with Crippen LogP contribution < -0.4 is 5.32 Å². The molecule has 1 amide bonds. The lowest BCUT2D eigenvalue weighted by Gasteiger charge is -2.10. The van der Waals surface area contributed by atoms with Gasteiger partial charge < -0.3 is 5.32 Å². The van der Waals surface area contributed by atoms with Crippen LogP contribution in [0, 0.1) is 6.92 Å². The van der Waals surface area contributed by atoms with Crippen LogP contribution in [0.4, 0.5) is 5.69 Å². The number of nitrogens with zero attached hydrogens (tertiary/aromatic N) is 3. The molecule has 5 nitrogen and oxygen atoms in total. The smallest absolute Gasteiger partial charge is 0.278 e. The molecule has 3 rings (SSSR count). The molecule has 0 unspecified atom stereocenters. The van der Waals surface area contributed by atoms with Gasteiger partial charge in [-0.3, -0.25) is 4.79 Å². The molecule has 1 aromatic heterocycles. The van der Waals surface area contributed by atoms with Crippen LogP contribution in [0.15, 0.2) is 42.5 Å². The predicted octanol–water partition coefficient (Wildman–Crippen LogP) is 5.09. The highest BCUT2D eigenvalue weighted by atomic mass is 35.5. The van der Waals surface area contributed by atoms with Gasteiger partial charge in [-0.25, -0.2) is 4.68 Å². The fourth-order valence-corrected chi connectivity index (χ4v) is 2.95. The van der Waals surface area contributed by atoms with E-state index in [2.05, 4.69) is 15.6 Å². The number of anilines is 1. The van der Waals surface area contributed by atoms with Crippen molar-refractivity contribution in [2.75, 3.05) is 5.32 Å². The topological polar surface area (TPSA) is 59.8 Å². The first-order chi connectivity index (χ1) is 12.5. The largest absolute Gasteiger partial charge is 0.320 e. The average molecular weight is 389 g/mol. The summed E-state index contributed by atoms with van der Waals surface area (Å²) in [4.78, 5) is 12.8. The molecule has 0 saturated heterocycles. The van der Waals surface area contributed by atoms with Gasteiger partial charge in [-0.15, -0.1) is 5.10 Å². The van der Waals surface area contributed by atoms with Crippen molar-refractivity contribution in [3.63, 3.8) is 0 Å². The SMILES string of the molecule is CCCc1c(C(=O)Nc2cccc(Cl)c2C)nnn1-c1ccc(Cl)cc1. The van der Waals surface area contributed by atoms with Crippen LogP contribution in [0.3, 0.4) is 0 Å². The molecule has 1 N–H and O–H groups in total. The van der Waals surface area contributed by atoms with Crippen molar-refractivity contribution in [1.82, 2.24) is 15.0 Å². The summed E-state index contributed by atoms with van der Waals surface area (Å²) >= 11 is 12.1. The molecule has 0 radical (unpaired) electrons. The maximum absolute atomic E-state index is 12.8. The Hall–Kier alpha value is -2.37. The fraction of sp³-hybridized carbons (Fsp3) is 0.211. The maximum atomic E-state index is 12.8. The van der Waals surface area contributed by atoms with Crippen LogP contribution in [0.1, 0.15) is 35.1 Å². The molecule has 0 aliphatic heterocycles. The molecule has 26 heavy (non-hydrogen) atoms. The minimum absolute atomic E-state index is 0.306. The quantitative estimate of drug-likeness (QED) is 0.662. The third kappa shape index (κ3) is 3.74. The van der Waals surface area contributed by atoms with Crippen molar-refractivity contribution < 1.29 is 4.79 Å². The van der Waals surface area contributed by atoms with Crippen molar-refractivity contribution in [1.29, 1.82) is 0 Å². The number of hydrogen-bond donors (Lipinski definition) is 1. The van der Waals surface area contributed by atoms with E-state index in [9.17, 15) is 4.79 Å². The molecule has 0 aliphatic carbocycles. The van der Waals surface area contributed by atoms with Gasteiger partial charge in [0.25, 0.3) is 5.91 Å². The molecule has 2 aromatic carbocycles. The van der Waals surface area contributed by atoms with E-state index in [0.717, 1.165) is 23.4 Å². The summed E-state index contributed by atoms with van der Waals surface area (Å²) in [5.74, 6) is -0.306. The zero-order valence-electron chi connectivity index (χ0n) is 14.5. The number of aromatic nitrogens is 3. The monoisotopic (exact) mass is 388 g/mol. The lowest BCUT2D eigenvalue weighted by Crippen LogP contribution is -2.16. The lowest BCUT2D eigenvalue weighted by atomic mass is 10.1. The Morgan fingerprint density at radius 1 is 1.15 bits per heavy atom. The van der Waals surface area contributed by atoms with Crippen LogP contribution in [0.25, 0.3) is 5.69 Å². The Morgan fingerprint density at radius 2 is 1.88 bits per heavy atom. The summed E-state index contributed by atoms with van der Waals surface area (Å²) in [7, 11) is 0. The van der Waals surface area contributed by atoms with Gasteiger partial charge in [0.05, 0.1) is 11.4 Å². The summed E-state index contributed by atoms with van der Waals surface area (Å²) in [6.45, 7) is 3.90. The first kappa shape index (κ1) is 18.4. The molecular weight excluding hydrogens is 371 g/mol. The number of nitrogens with one attached hydrogen (secondary N) is 1. The molecule has 3 aromatic rings. The van der Waals surface area contributed by atoms with Crippen molar-refractivity contribution in [3.05, 3.63) is 69.5 Å². The Balaban J connectivity index is 1.95. The maximum Gasteiger partial charge on any atom is 0.278 e. The van der Waals surface area contributed by atoms with E-state index in [1.807, 2.05) is 32.0 Å². The van der Waals surface area contributed by atoms with Crippen LogP contribution in [0.2, 0.25) is 10.0 Å². The number of amides is 1. The van der Waals surface area contributed by atoms with Crippen molar-refractivity contribution in [2.24, 2.45) is 0 Å². The summed E-state index contributed by atoms with van der Waals surface area (Å²) in [5.41, 5.74) is 3.34. The number of hydrogen-bond acceptors (Lipinski definition) is 3. The van der Waals surface area contributed by atoms with Gasteiger partial charge in [-0.05, 0) is 55.3 Å². The molecule has 0 spiro atoms. The van der Waals surface area contributed by atoms with Gasteiger partial charge in [-0.1, -0.05) is 47.8 Å². The first-order valence-corrected chi connectivity index (χ1v) is 9.03. The highest BCUT2D eigenvalue weighted by Gasteiger charge is 2.21. The molecular formula is C19H18Cl2N4O. The standard InChI is InChI=1S/C19H18Cl2N4O/c1-3-5-17-18(19(26)22-16-7-4-6-15(21)12(16)2)23-24-25(17)14-10-8-13(20)9-11-14/h4,6-11H,3,5H2,1-2H3,(H,22,26). The molecule has 0 bridgehead atoms. The first-order valence-electron chi connectivity index (χ1n) is 8.28. The summed E-state index contributed by atoms with van der Waals surface area (Å²) in [5, 5.41) is 12.4. The van der Waals surface area contributed by atoms with Gasteiger partial charge in [0.15, 0.2) is 5.69 Å². The molecule has 0 atom stereocenters. The van der Waals surface area contributed by atoms with E-state index >= 15 is 0 Å². The Kier molecular flexibility index (Phi) is 5.59. The van der Waals surface area contributed by atoms with Crippen molar-refractivity contribution in [3.8, 4) is 5.69 Å². The molecule has 0 aliphatic rings. The zero-order chi connectivity index (χ0) is 18.7. The minimum Gasteiger partial charge on any atom is -0.320 e. The van der Waals surface area contributed by atoms with Crippen molar-refractivity contribution >= 4 is 34.8 Å². The lowest BCUT2D eigenvalue weighted by molar-refractivity contribution is 0.102. The van der Waals surface area contributed by atoms with Crippen LogP contribution in [-0.4, -0.2) is 20.9 Å². The predicted molar refractivity (Wildman–Crippen MR) is 105 cm³/mol. The zero-order valence-corrected chi connectivity index (χ0v) is 16.0. The van der Waals surface area contributed by atoms with Gasteiger partial charge in [-0.2, -0.15) is 0 Å². The summed E-state index contributed by atoms with van der Waals surface area (Å²) < 4.78 is 1.68. The minimum atomic E-state index is -0.306. The van der Waals surface area contributed by atoms with Gasteiger partial charge in [0.1, 0.15) is 0 Å². The van der Waals surface area contributed by atoms with Gasteiger partial charge in [0.2, 0.25) is 0 Å². The van der Waals surface area contributed by atoms with Gasteiger partial charge in [0, 0.05) is 15.7 Å². The Morgan fingerprint density at radius 3 is 2.58 bits per heavy atom. The molecule has 0 fully saturated rings. The highest BCUT2D eigenvalue weighted by molar-refractivity contribution is 6.31. The van der Waals surface area contributed by atoms with E-state index in [1.54, 1.807) is 28.9 Å². The second-order valence-electron chi connectivity index (χ2n) is 5.89. The Labute approximate surface area is 161 Å². The fourth-order valence-electron chi connectivity index (χ4n) is 2.65. The number of rotatable bonds is 5. The number of carbonyl (C=O) groups excluding carboxylic acids is 1. The van der Waals surface area contributed by atoms with E-state index in [4.69, 9.17) is 23.2 Å².